The van der Waals surface area contributed by atoms with E-state index in [1.54, 1.807) is 12.1 Å². The van der Waals surface area contributed by atoms with Crippen LogP contribution in [0.25, 0.3) is 0 Å². The molecule has 1 unspecified atom stereocenters. The molecule has 1 saturated heterocycles. The van der Waals surface area contributed by atoms with E-state index < -0.39 is 13.9 Å². The number of hydrogen-bond donors (Lipinski definition) is 1. The lowest BCUT2D eigenvalue weighted by atomic mass is 10.1. The van der Waals surface area contributed by atoms with Gasteiger partial charge in [-0.1, -0.05) is 24.0 Å². The van der Waals surface area contributed by atoms with Crippen molar-refractivity contribution >= 4 is 44.2 Å². The first-order chi connectivity index (χ1) is 13.3. The van der Waals surface area contributed by atoms with Gasteiger partial charge in [0.15, 0.2) is 9.84 Å². The van der Waals surface area contributed by atoms with Crippen molar-refractivity contribution in [2.75, 3.05) is 12.4 Å². The molecule has 1 N–H and O–H groups in total. The number of sulfone groups is 1. The van der Waals surface area contributed by atoms with Gasteiger partial charge in [-0.2, -0.15) is 0 Å². The van der Waals surface area contributed by atoms with Crippen molar-refractivity contribution in [2.45, 2.75) is 42.1 Å². The molecule has 0 spiro atoms. The molecule has 3 nitrogen and oxygen atoms in total. The van der Waals surface area contributed by atoms with Crippen LogP contribution in [0, 0.1) is 29.3 Å². The molecule has 148 valence electrons. The van der Waals surface area contributed by atoms with Crippen LogP contribution in [0.1, 0.15) is 36.0 Å². The number of nitrogens with one attached hydrogen (secondary N) is 1. The van der Waals surface area contributed by atoms with Crippen molar-refractivity contribution in [3.05, 3.63) is 62.7 Å². The van der Waals surface area contributed by atoms with Gasteiger partial charge in [0.2, 0.25) is 0 Å². The van der Waals surface area contributed by atoms with E-state index in [2.05, 4.69) is 71.8 Å². The molecule has 1 aliphatic heterocycles. The third kappa shape index (κ3) is 4.76. The lowest BCUT2D eigenvalue weighted by molar-refractivity contribution is 0.548. The normalized spacial score (nSPS) is 19.2. The lowest BCUT2D eigenvalue weighted by Gasteiger charge is -2.27. The molecule has 0 aromatic heterocycles. The maximum atomic E-state index is 13.3. The third-order valence-corrected chi connectivity index (χ3v) is 10.1. The molecule has 0 bridgehead atoms. The van der Waals surface area contributed by atoms with Gasteiger partial charge in [0.05, 0.1) is 4.90 Å². The van der Waals surface area contributed by atoms with Crippen LogP contribution in [0.3, 0.4) is 0 Å². The molecule has 1 aliphatic rings. The Bertz CT molecular complexity index is 999. The summed E-state index contributed by atoms with van der Waals surface area (Å²) in [5, 5.41) is 3.23. The first-order valence-corrected chi connectivity index (χ1v) is 12.8. The average molecular weight is 525 g/mol. The number of benzene rings is 2. The van der Waals surface area contributed by atoms with E-state index in [9.17, 15) is 8.42 Å². The summed E-state index contributed by atoms with van der Waals surface area (Å²) < 4.78 is 26.9. The highest BCUT2D eigenvalue weighted by molar-refractivity contribution is 14.1. The van der Waals surface area contributed by atoms with Crippen LogP contribution in [0.2, 0.25) is 0 Å². The smallest absolute Gasteiger partial charge is 0.194 e. The van der Waals surface area contributed by atoms with Crippen LogP contribution in [-0.4, -0.2) is 24.9 Å². The summed E-state index contributed by atoms with van der Waals surface area (Å²) in [4.78, 5) is 0.408. The monoisotopic (exact) mass is 525 g/mol. The Balaban J connectivity index is 1.71. The van der Waals surface area contributed by atoms with E-state index in [0.29, 0.717) is 30.2 Å². The number of rotatable bonds is 5. The molecule has 6 heteroatoms. The van der Waals surface area contributed by atoms with E-state index in [4.69, 9.17) is 0 Å². The highest BCUT2D eigenvalue weighted by atomic mass is 127. The van der Waals surface area contributed by atoms with Gasteiger partial charge in [-0.15, -0.1) is 11.8 Å². The number of unbranched alkanes of at least 4 members (excludes halogenated alkanes) is 1. The Morgan fingerprint density at radius 3 is 2.61 bits per heavy atom. The average Bonchev–Trinajstić information content (AvgIpc) is 3.15. The molecular weight excluding hydrogens is 501 g/mol. The van der Waals surface area contributed by atoms with Crippen LogP contribution in [0.4, 0.5) is 0 Å². The van der Waals surface area contributed by atoms with E-state index in [1.807, 2.05) is 12.1 Å². The van der Waals surface area contributed by atoms with Crippen LogP contribution in [0.5, 0.6) is 0 Å². The molecule has 0 aliphatic carbocycles. The Kier molecular flexibility index (Phi) is 7.13. The zero-order chi connectivity index (χ0) is 20.2. The first kappa shape index (κ1) is 21.7. The standard InChI is InChI=1S/C22H24INO2S2/c1-17-7-8-18(2)19(14-17)6-4-3-5-13-22(15-24-16-27-22)28(25,26)21-11-9-20(23)10-12-21/h7-12,14,24H,3,5,13,15-16H2,1-2H3. The molecule has 3 rings (SSSR count). The number of aryl methyl sites for hydroxylation is 2. The fourth-order valence-electron chi connectivity index (χ4n) is 3.25. The van der Waals surface area contributed by atoms with Crippen molar-refractivity contribution in [2.24, 2.45) is 0 Å². The second kappa shape index (κ2) is 9.21. The first-order valence-electron chi connectivity index (χ1n) is 9.25. The Morgan fingerprint density at radius 1 is 1.18 bits per heavy atom. The molecule has 2 aromatic carbocycles. The van der Waals surface area contributed by atoms with Gasteiger partial charge in [0, 0.05) is 28.0 Å². The van der Waals surface area contributed by atoms with Crippen LogP contribution in [-0.2, 0) is 9.84 Å². The molecule has 0 saturated carbocycles. The van der Waals surface area contributed by atoms with Gasteiger partial charge in [-0.25, -0.2) is 8.42 Å². The van der Waals surface area contributed by atoms with Crippen molar-refractivity contribution in [1.82, 2.24) is 5.32 Å². The maximum Gasteiger partial charge on any atom is 0.194 e. The molecule has 1 heterocycles. The summed E-state index contributed by atoms with van der Waals surface area (Å²) in [5.41, 5.74) is 3.43. The van der Waals surface area contributed by atoms with Crippen LogP contribution in [0.15, 0.2) is 47.4 Å². The Morgan fingerprint density at radius 2 is 1.93 bits per heavy atom. The lowest BCUT2D eigenvalue weighted by Crippen LogP contribution is -2.38. The van der Waals surface area contributed by atoms with Crippen molar-refractivity contribution in [3.63, 3.8) is 0 Å². The summed E-state index contributed by atoms with van der Waals surface area (Å²) in [6.45, 7) is 4.61. The minimum absolute atomic E-state index is 0.408. The highest BCUT2D eigenvalue weighted by Crippen LogP contribution is 2.42. The largest absolute Gasteiger partial charge is 0.305 e. The minimum atomic E-state index is -3.42. The second-order valence-corrected chi connectivity index (χ2v) is 12.2. The van der Waals surface area contributed by atoms with Gasteiger partial charge < -0.3 is 5.32 Å². The quantitative estimate of drug-likeness (QED) is 0.343. The van der Waals surface area contributed by atoms with Crippen molar-refractivity contribution in [1.29, 1.82) is 0 Å². The summed E-state index contributed by atoms with van der Waals surface area (Å²) in [5.74, 6) is 7.14. The maximum absolute atomic E-state index is 13.3. The third-order valence-electron chi connectivity index (χ3n) is 4.92. The predicted octanol–water partition coefficient (Wildman–Crippen LogP) is 4.89. The number of thioether (sulfide) groups is 1. The van der Waals surface area contributed by atoms with Crippen LogP contribution >= 0.6 is 34.4 Å². The van der Waals surface area contributed by atoms with Gasteiger partial charge >= 0.3 is 0 Å². The van der Waals surface area contributed by atoms with Crippen molar-refractivity contribution < 1.29 is 8.42 Å². The van der Waals surface area contributed by atoms with Gasteiger partial charge in [0.25, 0.3) is 0 Å². The zero-order valence-corrected chi connectivity index (χ0v) is 19.9. The van der Waals surface area contributed by atoms with E-state index in [-0.39, 0.29) is 0 Å². The summed E-state index contributed by atoms with van der Waals surface area (Å²) in [6.07, 6.45) is 2.05. The molecule has 0 radical (unpaired) electrons. The predicted molar refractivity (Wildman–Crippen MR) is 126 cm³/mol. The fourth-order valence-corrected chi connectivity index (χ4v) is 7.28. The Labute approximate surface area is 186 Å². The van der Waals surface area contributed by atoms with E-state index in [1.165, 1.54) is 22.9 Å². The van der Waals surface area contributed by atoms with Crippen molar-refractivity contribution in [3.8, 4) is 11.8 Å². The van der Waals surface area contributed by atoms with Gasteiger partial charge in [-0.3, -0.25) is 0 Å². The summed E-state index contributed by atoms with van der Waals surface area (Å²) in [7, 11) is -3.42. The van der Waals surface area contributed by atoms with Crippen LogP contribution < -0.4 is 5.32 Å². The van der Waals surface area contributed by atoms with Gasteiger partial charge in [0.1, 0.15) is 4.08 Å². The van der Waals surface area contributed by atoms with E-state index >= 15 is 0 Å². The van der Waals surface area contributed by atoms with E-state index in [0.717, 1.165) is 15.6 Å². The SMILES string of the molecule is Cc1ccc(C)c(C#CCCCC2(S(=O)(=O)c3ccc(I)cc3)CNCS2)c1. The second-order valence-electron chi connectivity index (χ2n) is 7.06. The zero-order valence-electron chi connectivity index (χ0n) is 16.1. The number of halogens is 1. The molecular formula is C22H24INO2S2. The fraction of sp³-hybridized carbons (Fsp3) is 0.364. The summed E-state index contributed by atoms with van der Waals surface area (Å²) in [6, 6.07) is 13.4. The van der Waals surface area contributed by atoms with Gasteiger partial charge in [-0.05, 0) is 90.7 Å². The molecule has 2 aromatic rings. The summed E-state index contributed by atoms with van der Waals surface area (Å²) >= 11 is 3.70. The molecule has 0 amide bonds. The topological polar surface area (TPSA) is 46.2 Å². The number of hydrogen-bond acceptors (Lipinski definition) is 4. The highest BCUT2D eigenvalue weighted by Gasteiger charge is 2.47. The molecule has 28 heavy (non-hydrogen) atoms. The Hall–Kier alpha value is -1.01. The molecule has 1 atom stereocenters. The minimum Gasteiger partial charge on any atom is -0.305 e. The molecule has 1 fully saturated rings.